The topological polar surface area (TPSA) is 59.1 Å². The van der Waals surface area contributed by atoms with E-state index in [2.05, 4.69) is 0 Å². The van der Waals surface area contributed by atoms with E-state index in [4.69, 9.17) is 9.47 Å². The fourth-order valence-corrected chi connectivity index (χ4v) is 4.03. The zero-order valence-electron chi connectivity index (χ0n) is 17.2. The Labute approximate surface area is 177 Å². The highest BCUT2D eigenvalue weighted by atomic mass is 16.5. The Morgan fingerprint density at radius 2 is 1.80 bits per heavy atom. The van der Waals surface area contributed by atoms with Crippen LogP contribution in [0.5, 0.6) is 5.75 Å². The fraction of sp³-hybridized carbons (Fsp3) is 0.417. The zero-order valence-corrected chi connectivity index (χ0v) is 17.2. The highest BCUT2D eigenvalue weighted by molar-refractivity contribution is 5.97. The number of benzene rings is 2. The Kier molecular flexibility index (Phi) is 6.64. The van der Waals surface area contributed by atoms with Gasteiger partial charge in [-0.3, -0.25) is 9.59 Å². The van der Waals surface area contributed by atoms with Gasteiger partial charge in [0.15, 0.2) is 0 Å². The molecule has 1 saturated heterocycles. The number of para-hydroxylation sites is 2. The second-order valence-corrected chi connectivity index (χ2v) is 7.76. The van der Waals surface area contributed by atoms with Crippen molar-refractivity contribution < 1.29 is 19.1 Å². The summed E-state index contributed by atoms with van der Waals surface area (Å²) >= 11 is 0. The molecule has 0 bridgehead atoms. The molecule has 158 valence electrons. The summed E-state index contributed by atoms with van der Waals surface area (Å²) in [6.07, 6.45) is 2.47. The zero-order chi connectivity index (χ0) is 20.8. The van der Waals surface area contributed by atoms with Gasteiger partial charge in [0, 0.05) is 32.5 Å². The summed E-state index contributed by atoms with van der Waals surface area (Å²) in [5, 5.41) is 0. The number of anilines is 1. The number of rotatable bonds is 7. The Hall–Kier alpha value is -2.86. The van der Waals surface area contributed by atoms with E-state index in [0.29, 0.717) is 32.0 Å². The molecule has 1 atom stereocenters. The normalized spacial score (nSPS) is 17.9. The first-order valence-electron chi connectivity index (χ1n) is 10.7. The molecule has 2 heterocycles. The van der Waals surface area contributed by atoms with Crippen LogP contribution in [0.15, 0.2) is 54.6 Å². The lowest BCUT2D eigenvalue weighted by Gasteiger charge is -2.30. The number of amides is 2. The third kappa shape index (κ3) is 5.00. The van der Waals surface area contributed by atoms with Crippen LogP contribution in [-0.2, 0) is 20.9 Å². The molecule has 4 rings (SSSR count). The monoisotopic (exact) mass is 408 g/mol. The van der Waals surface area contributed by atoms with Gasteiger partial charge in [-0.25, -0.2) is 0 Å². The maximum atomic E-state index is 13.0. The van der Waals surface area contributed by atoms with Crippen molar-refractivity contribution in [2.75, 3.05) is 31.2 Å². The van der Waals surface area contributed by atoms with Crippen LogP contribution in [0, 0.1) is 0 Å². The number of ether oxygens (including phenoxy) is 2. The summed E-state index contributed by atoms with van der Waals surface area (Å²) in [6, 6.07) is 17.5. The van der Waals surface area contributed by atoms with Crippen LogP contribution in [0.1, 0.15) is 31.2 Å². The molecule has 0 N–H and O–H groups in total. The summed E-state index contributed by atoms with van der Waals surface area (Å²) in [7, 11) is 0. The Balaban J connectivity index is 1.39. The Morgan fingerprint density at radius 1 is 1.00 bits per heavy atom. The van der Waals surface area contributed by atoms with E-state index in [9.17, 15) is 9.59 Å². The van der Waals surface area contributed by atoms with Gasteiger partial charge in [0.2, 0.25) is 11.8 Å². The summed E-state index contributed by atoms with van der Waals surface area (Å²) in [6.45, 7) is 2.84. The lowest BCUT2D eigenvalue weighted by atomic mass is 10.1. The minimum Gasteiger partial charge on any atom is -0.490 e. The molecule has 1 unspecified atom stereocenters. The Bertz CT molecular complexity index is 865. The molecule has 2 aromatic carbocycles. The van der Waals surface area contributed by atoms with Crippen LogP contribution in [0.4, 0.5) is 5.69 Å². The second-order valence-electron chi connectivity index (χ2n) is 7.76. The minimum atomic E-state index is -0.0455. The molecule has 0 aliphatic carbocycles. The summed E-state index contributed by atoms with van der Waals surface area (Å²) in [5.74, 6) is 0.660. The molecule has 2 aromatic rings. The van der Waals surface area contributed by atoms with Gasteiger partial charge < -0.3 is 19.3 Å². The van der Waals surface area contributed by atoms with Crippen LogP contribution in [-0.4, -0.2) is 49.1 Å². The van der Waals surface area contributed by atoms with E-state index in [1.54, 1.807) is 4.90 Å². The van der Waals surface area contributed by atoms with Crippen molar-refractivity contribution in [2.45, 2.75) is 38.3 Å². The number of fused-ring (bicyclic) bond motifs is 1. The van der Waals surface area contributed by atoms with Crippen LogP contribution in [0.25, 0.3) is 0 Å². The molecule has 0 aromatic heterocycles. The lowest BCUT2D eigenvalue weighted by molar-refractivity contribution is -0.135. The number of hydrogen-bond donors (Lipinski definition) is 0. The van der Waals surface area contributed by atoms with Crippen LogP contribution >= 0.6 is 0 Å². The molecule has 30 heavy (non-hydrogen) atoms. The molecule has 2 aliphatic rings. The molecule has 6 nitrogen and oxygen atoms in total. The maximum absolute atomic E-state index is 13.0. The average Bonchev–Trinajstić information content (AvgIpc) is 3.30. The van der Waals surface area contributed by atoms with Gasteiger partial charge in [-0.15, -0.1) is 0 Å². The van der Waals surface area contributed by atoms with E-state index < -0.39 is 0 Å². The lowest BCUT2D eigenvalue weighted by Crippen LogP contribution is -2.40. The van der Waals surface area contributed by atoms with Crippen LogP contribution in [0.2, 0.25) is 0 Å². The van der Waals surface area contributed by atoms with Crippen LogP contribution in [0.3, 0.4) is 0 Å². The van der Waals surface area contributed by atoms with Gasteiger partial charge in [0.25, 0.3) is 0 Å². The number of carbonyl (C=O) groups is 2. The molecule has 0 radical (unpaired) electrons. The van der Waals surface area contributed by atoms with Crippen molar-refractivity contribution in [3.63, 3.8) is 0 Å². The van der Waals surface area contributed by atoms with Crippen molar-refractivity contribution >= 4 is 17.5 Å². The number of nitrogens with zero attached hydrogens (tertiary/aromatic N) is 2. The molecule has 2 amide bonds. The predicted molar refractivity (Wildman–Crippen MR) is 114 cm³/mol. The highest BCUT2D eigenvalue weighted by Gasteiger charge is 2.26. The van der Waals surface area contributed by atoms with E-state index in [-0.39, 0.29) is 30.8 Å². The van der Waals surface area contributed by atoms with Gasteiger partial charge in [0.1, 0.15) is 12.4 Å². The van der Waals surface area contributed by atoms with E-state index >= 15 is 0 Å². The summed E-state index contributed by atoms with van der Waals surface area (Å²) < 4.78 is 11.4. The predicted octanol–water partition coefficient (Wildman–Crippen LogP) is 3.40. The van der Waals surface area contributed by atoms with Crippen molar-refractivity contribution in [3.8, 4) is 5.75 Å². The van der Waals surface area contributed by atoms with E-state index in [0.717, 1.165) is 30.7 Å². The standard InChI is InChI=1S/C24H28N2O4/c27-23(12-13-24(28)26-14-16-30-22-11-5-4-10-21(22)26)25(18-20-9-6-15-29-20)17-19-7-2-1-3-8-19/h1-5,7-8,10-11,20H,6,9,12-18H2. The Morgan fingerprint density at radius 3 is 2.60 bits per heavy atom. The third-order valence-corrected chi connectivity index (χ3v) is 5.60. The molecule has 6 heteroatoms. The largest absolute Gasteiger partial charge is 0.490 e. The molecule has 2 aliphatic heterocycles. The summed E-state index contributed by atoms with van der Waals surface area (Å²) in [4.78, 5) is 29.5. The first kappa shape index (κ1) is 20.4. The van der Waals surface area contributed by atoms with Crippen molar-refractivity contribution in [1.29, 1.82) is 0 Å². The molecule has 1 fully saturated rings. The second kappa shape index (κ2) is 9.76. The molecule has 0 spiro atoms. The van der Waals surface area contributed by atoms with Crippen LogP contribution < -0.4 is 9.64 Å². The van der Waals surface area contributed by atoms with Gasteiger partial charge in [-0.05, 0) is 30.5 Å². The van der Waals surface area contributed by atoms with Crippen molar-refractivity contribution in [3.05, 3.63) is 60.2 Å². The van der Waals surface area contributed by atoms with Crippen molar-refractivity contribution in [2.24, 2.45) is 0 Å². The first-order valence-corrected chi connectivity index (χ1v) is 10.7. The maximum Gasteiger partial charge on any atom is 0.227 e. The fourth-order valence-electron chi connectivity index (χ4n) is 4.03. The van der Waals surface area contributed by atoms with Crippen molar-refractivity contribution in [1.82, 2.24) is 4.90 Å². The minimum absolute atomic E-state index is 0.00996. The third-order valence-electron chi connectivity index (χ3n) is 5.60. The van der Waals surface area contributed by atoms with Gasteiger partial charge in [-0.1, -0.05) is 42.5 Å². The first-order chi connectivity index (χ1) is 14.7. The number of hydrogen-bond acceptors (Lipinski definition) is 4. The van der Waals surface area contributed by atoms with Gasteiger partial charge in [0.05, 0.1) is 18.3 Å². The summed E-state index contributed by atoms with van der Waals surface area (Å²) in [5.41, 5.74) is 1.86. The van der Waals surface area contributed by atoms with E-state index in [1.807, 2.05) is 59.5 Å². The van der Waals surface area contributed by atoms with E-state index in [1.165, 1.54) is 0 Å². The smallest absolute Gasteiger partial charge is 0.227 e. The SMILES string of the molecule is O=C(CCC(=O)N1CCOc2ccccc21)N(Cc1ccccc1)CC1CCCO1. The van der Waals surface area contributed by atoms with Gasteiger partial charge in [-0.2, -0.15) is 0 Å². The highest BCUT2D eigenvalue weighted by Crippen LogP contribution is 2.31. The number of carbonyl (C=O) groups excluding carboxylic acids is 2. The molecular formula is C24H28N2O4. The average molecular weight is 408 g/mol. The quantitative estimate of drug-likeness (QED) is 0.705. The molecular weight excluding hydrogens is 380 g/mol. The van der Waals surface area contributed by atoms with Gasteiger partial charge >= 0.3 is 0 Å². The molecule has 0 saturated carbocycles.